The molecule has 1 amide bonds. The van der Waals surface area contributed by atoms with E-state index >= 15 is 0 Å². The van der Waals surface area contributed by atoms with E-state index in [1.807, 2.05) is 6.92 Å². The van der Waals surface area contributed by atoms with E-state index in [0.717, 1.165) is 9.87 Å². The Bertz CT molecular complexity index is 742. The number of aryl methyl sites for hydroxylation is 1. The van der Waals surface area contributed by atoms with E-state index in [-0.39, 0.29) is 11.5 Å². The van der Waals surface area contributed by atoms with Crippen molar-refractivity contribution in [1.82, 2.24) is 4.31 Å². The van der Waals surface area contributed by atoms with Gasteiger partial charge >= 0.3 is 0 Å². The first-order valence-corrected chi connectivity index (χ1v) is 9.62. The van der Waals surface area contributed by atoms with Crippen molar-refractivity contribution < 1.29 is 17.9 Å². The molecule has 1 fully saturated rings. The lowest BCUT2D eigenvalue weighted by Crippen LogP contribution is -2.42. The molecule has 5 nitrogen and oxygen atoms in total. The number of benzene rings is 1. The normalized spacial score (nSPS) is 19.8. The standard InChI is InChI=1S/C19H25NO4S/c1-5-11-19(12-6-2)13-16(14-24-4)20(18(19)21)25(22,23)17-9-7-15(3)8-10-17/h5-10,16H,1-2,11-14H2,3-4H3. The second kappa shape index (κ2) is 7.54. The molecule has 0 bridgehead atoms. The molecule has 1 aromatic carbocycles. The minimum Gasteiger partial charge on any atom is -0.383 e. The van der Waals surface area contributed by atoms with Gasteiger partial charge in [0.1, 0.15) is 0 Å². The summed E-state index contributed by atoms with van der Waals surface area (Å²) in [6.07, 6.45) is 4.51. The summed E-state index contributed by atoms with van der Waals surface area (Å²) < 4.78 is 32.5. The van der Waals surface area contributed by atoms with Gasteiger partial charge < -0.3 is 4.74 Å². The van der Waals surface area contributed by atoms with Crippen molar-refractivity contribution in [2.45, 2.75) is 37.1 Å². The van der Waals surface area contributed by atoms with Gasteiger partial charge in [-0.1, -0.05) is 29.8 Å². The lowest BCUT2D eigenvalue weighted by molar-refractivity contribution is -0.132. The first kappa shape index (κ1) is 19.4. The highest BCUT2D eigenvalue weighted by Crippen LogP contribution is 2.45. The van der Waals surface area contributed by atoms with Crippen LogP contribution in [0.2, 0.25) is 0 Å². The molecule has 0 aliphatic carbocycles. The van der Waals surface area contributed by atoms with Crippen LogP contribution in [-0.2, 0) is 19.6 Å². The van der Waals surface area contributed by atoms with Gasteiger partial charge in [0.25, 0.3) is 10.0 Å². The number of rotatable bonds is 8. The van der Waals surface area contributed by atoms with Gasteiger partial charge in [-0.3, -0.25) is 4.79 Å². The molecule has 25 heavy (non-hydrogen) atoms. The molecule has 0 N–H and O–H groups in total. The summed E-state index contributed by atoms with van der Waals surface area (Å²) in [5.74, 6) is -0.407. The van der Waals surface area contributed by atoms with Gasteiger partial charge in [-0.2, -0.15) is 0 Å². The fourth-order valence-corrected chi connectivity index (χ4v) is 5.09. The summed E-state index contributed by atoms with van der Waals surface area (Å²) in [5.41, 5.74) is 0.123. The van der Waals surface area contributed by atoms with Crippen molar-refractivity contribution >= 4 is 15.9 Å². The third-order valence-electron chi connectivity index (χ3n) is 4.62. The molecule has 0 saturated carbocycles. The third kappa shape index (κ3) is 3.55. The number of carbonyl (C=O) groups is 1. The second-order valence-electron chi connectivity index (χ2n) is 6.50. The number of amides is 1. The maximum absolute atomic E-state index is 13.2. The van der Waals surface area contributed by atoms with Gasteiger partial charge in [-0.15, -0.1) is 13.2 Å². The molecular formula is C19H25NO4S. The van der Waals surface area contributed by atoms with Crippen LogP contribution in [0.5, 0.6) is 0 Å². The number of hydrogen-bond donors (Lipinski definition) is 0. The smallest absolute Gasteiger partial charge is 0.266 e. The van der Waals surface area contributed by atoms with Crippen LogP contribution in [0.25, 0.3) is 0 Å². The Balaban J connectivity index is 2.52. The minimum atomic E-state index is -3.95. The van der Waals surface area contributed by atoms with Crippen LogP contribution in [0.4, 0.5) is 0 Å². The van der Waals surface area contributed by atoms with Crippen molar-refractivity contribution in [2.75, 3.05) is 13.7 Å². The monoisotopic (exact) mass is 363 g/mol. The lowest BCUT2D eigenvalue weighted by atomic mass is 9.78. The Morgan fingerprint density at radius 2 is 1.80 bits per heavy atom. The zero-order valence-electron chi connectivity index (χ0n) is 14.8. The van der Waals surface area contributed by atoms with Crippen molar-refractivity contribution in [3.05, 3.63) is 55.1 Å². The Hall–Kier alpha value is -1.92. The first-order chi connectivity index (χ1) is 11.8. The van der Waals surface area contributed by atoms with Gasteiger partial charge in [0.05, 0.1) is 23.0 Å². The fourth-order valence-electron chi connectivity index (χ4n) is 3.45. The molecule has 0 radical (unpaired) electrons. The summed E-state index contributed by atoms with van der Waals surface area (Å²) in [7, 11) is -2.45. The number of carbonyl (C=O) groups excluding carboxylic acids is 1. The van der Waals surface area contributed by atoms with Crippen LogP contribution in [0.3, 0.4) is 0 Å². The van der Waals surface area contributed by atoms with E-state index in [4.69, 9.17) is 4.74 Å². The van der Waals surface area contributed by atoms with Gasteiger partial charge in [0.15, 0.2) is 0 Å². The highest BCUT2D eigenvalue weighted by atomic mass is 32.2. The summed E-state index contributed by atoms with van der Waals surface area (Å²) in [6.45, 7) is 9.49. The summed E-state index contributed by atoms with van der Waals surface area (Å²) in [4.78, 5) is 13.3. The lowest BCUT2D eigenvalue weighted by Gasteiger charge is -2.26. The van der Waals surface area contributed by atoms with Crippen LogP contribution in [0, 0.1) is 12.3 Å². The largest absolute Gasteiger partial charge is 0.383 e. The topological polar surface area (TPSA) is 63.7 Å². The Kier molecular flexibility index (Phi) is 5.85. The summed E-state index contributed by atoms with van der Waals surface area (Å²) in [5, 5.41) is 0. The Labute approximate surface area is 150 Å². The molecule has 1 aliphatic rings. The quantitative estimate of drug-likeness (QED) is 0.666. The number of sulfonamides is 1. The van der Waals surface area contributed by atoms with E-state index in [1.54, 1.807) is 24.3 Å². The Morgan fingerprint density at radius 3 is 2.28 bits per heavy atom. The molecule has 2 rings (SSSR count). The summed E-state index contributed by atoms with van der Waals surface area (Å²) in [6, 6.07) is 5.97. The summed E-state index contributed by atoms with van der Waals surface area (Å²) >= 11 is 0. The van der Waals surface area contributed by atoms with E-state index in [9.17, 15) is 13.2 Å². The van der Waals surface area contributed by atoms with Crippen molar-refractivity contribution in [3.8, 4) is 0 Å². The first-order valence-electron chi connectivity index (χ1n) is 8.18. The van der Waals surface area contributed by atoms with Crippen LogP contribution >= 0.6 is 0 Å². The average Bonchev–Trinajstić information content (AvgIpc) is 2.81. The van der Waals surface area contributed by atoms with Gasteiger partial charge in [-0.05, 0) is 38.3 Å². The molecule has 0 aromatic heterocycles. The molecule has 1 aromatic rings. The van der Waals surface area contributed by atoms with Gasteiger partial charge in [0, 0.05) is 7.11 Å². The molecule has 1 unspecified atom stereocenters. The molecule has 1 heterocycles. The number of hydrogen-bond acceptors (Lipinski definition) is 4. The number of nitrogens with zero attached hydrogens (tertiary/aromatic N) is 1. The molecule has 6 heteroatoms. The van der Waals surface area contributed by atoms with Crippen LogP contribution in [-0.4, -0.2) is 38.4 Å². The third-order valence-corrected chi connectivity index (χ3v) is 6.47. The SMILES string of the molecule is C=CCC1(CC=C)CC(COC)N(S(=O)(=O)c2ccc(C)cc2)C1=O. The van der Waals surface area contributed by atoms with E-state index in [1.165, 1.54) is 19.2 Å². The van der Waals surface area contributed by atoms with E-state index < -0.39 is 27.4 Å². The molecule has 1 saturated heterocycles. The highest BCUT2D eigenvalue weighted by Gasteiger charge is 2.54. The predicted molar refractivity (Wildman–Crippen MR) is 97.6 cm³/mol. The van der Waals surface area contributed by atoms with Crippen molar-refractivity contribution in [2.24, 2.45) is 5.41 Å². The van der Waals surface area contributed by atoms with Crippen molar-refractivity contribution in [3.63, 3.8) is 0 Å². The van der Waals surface area contributed by atoms with Crippen LogP contribution in [0.15, 0.2) is 54.5 Å². The molecular weight excluding hydrogens is 338 g/mol. The average molecular weight is 363 g/mol. The minimum absolute atomic E-state index is 0.112. The van der Waals surface area contributed by atoms with E-state index in [0.29, 0.717) is 19.3 Å². The second-order valence-corrected chi connectivity index (χ2v) is 8.31. The molecule has 1 atom stereocenters. The molecule has 1 aliphatic heterocycles. The maximum Gasteiger partial charge on any atom is 0.266 e. The maximum atomic E-state index is 13.2. The number of ether oxygens (including phenoxy) is 1. The van der Waals surface area contributed by atoms with E-state index in [2.05, 4.69) is 13.2 Å². The Morgan fingerprint density at radius 1 is 1.24 bits per heavy atom. The zero-order valence-corrected chi connectivity index (χ0v) is 15.6. The molecule has 136 valence electrons. The highest BCUT2D eigenvalue weighted by molar-refractivity contribution is 7.89. The van der Waals surface area contributed by atoms with Crippen LogP contribution < -0.4 is 0 Å². The number of methoxy groups -OCH3 is 1. The number of allylic oxidation sites excluding steroid dienone is 2. The van der Waals surface area contributed by atoms with Gasteiger partial charge in [-0.25, -0.2) is 12.7 Å². The molecule has 0 spiro atoms. The van der Waals surface area contributed by atoms with Gasteiger partial charge in [0.2, 0.25) is 5.91 Å². The van der Waals surface area contributed by atoms with Crippen LogP contribution in [0.1, 0.15) is 24.8 Å². The zero-order chi connectivity index (χ0) is 18.7. The van der Waals surface area contributed by atoms with Crippen molar-refractivity contribution in [1.29, 1.82) is 0 Å². The predicted octanol–water partition coefficient (Wildman–Crippen LogP) is 3.07. The fraction of sp³-hybridized carbons (Fsp3) is 0.421.